The lowest BCUT2D eigenvalue weighted by atomic mass is 10.0. The highest BCUT2D eigenvalue weighted by Gasteiger charge is 2.34. The van der Waals surface area contributed by atoms with Gasteiger partial charge in [-0.15, -0.1) is 0 Å². The molecule has 1 atom stereocenters. The molecule has 1 aromatic heterocycles. The number of para-hydroxylation sites is 2. The topological polar surface area (TPSA) is 38.1 Å². The standard InChI is InChI=1S/C27H26ClN3O/c1-18(2)20-9-7-19(8-10-20)16-31-25-6-4-3-5-24(25)29-27(31)21-15-26(32)30(17-21)23-13-11-22(28)12-14-23/h3-14,18,21H,15-17H2,1-2H3. The molecule has 1 unspecified atom stereocenters. The van der Waals surface area contributed by atoms with Gasteiger partial charge in [-0.1, -0.05) is 61.8 Å². The van der Waals surface area contributed by atoms with E-state index in [-0.39, 0.29) is 11.8 Å². The Morgan fingerprint density at radius 1 is 1.00 bits per heavy atom. The molecule has 1 aliphatic heterocycles. The Bertz CT molecular complexity index is 1260. The number of nitrogens with zero attached hydrogens (tertiary/aromatic N) is 3. The van der Waals surface area contributed by atoms with Crippen LogP contribution in [0.5, 0.6) is 0 Å². The van der Waals surface area contributed by atoms with Crippen LogP contribution in [0.15, 0.2) is 72.8 Å². The van der Waals surface area contributed by atoms with E-state index in [0.717, 1.165) is 29.1 Å². The lowest BCUT2D eigenvalue weighted by molar-refractivity contribution is -0.117. The van der Waals surface area contributed by atoms with E-state index in [1.807, 2.05) is 47.4 Å². The summed E-state index contributed by atoms with van der Waals surface area (Å²) in [5.74, 6) is 1.65. The Morgan fingerprint density at radius 2 is 1.72 bits per heavy atom. The van der Waals surface area contributed by atoms with Gasteiger partial charge in [-0.3, -0.25) is 4.79 Å². The van der Waals surface area contributed by atoms with Gasteiger partial charge in [0.1, 0.15) is 5.82 Å². The van der Waals surface area contributed by atoms with E-state index < -0.39 is 0 Å². The summed E-state index contributed by atoms with van der Waals surface area (Å²) in [6.07, 6.45) is 0.457. The SMILES string of the molecule is CC(C)c1ccc(Cn2c(C3CC(=O)N(c4ccc(Cl)cc4)C3)nc3ccccc32)cc1. The van der Waals surface area contributed by atoms with Crippen LogP contribution in [-0.4, -0.2) is 22.0 Å². The smallest absolute Gasteiger partial charge is 0.227 e. The number of amides is 1. The van der Waals surface area contributed by atoms with Crippen molar-refractivity contribution in [2.75, 3.05) is 11.4 Å². The molecule has 5 rings (SSSR count). The number of aromatic nitrogens is 2. The van der Waals surface area contributed by atoms with Crippen molar-refractivity contribution >= 4 is 34.2 Å². The summed E-state index contributed by atoms with van der Waals surface area (Å²) in [7, 11) is 0. The molecule has 0 spiro atoms. The minimum Gasteiger partial charge on any atom is -0.323 e. The van der Waals surface area contributed by atoms with E-state index in [0.29, 0.717) is 23.9 Å². The van der Waals surface area contributed by atoms with Crippen molar-refractivity contribution in [2.24, 2.45) is 0 Å². The van der Waals surface area contributed by atoms with Crippen molar-refractivity contribution in [2.45, 2.75) is 38.6 Å². The molecule has 0 aliphatic carbocycles. The minimum atomic E-state index is 0.0421. The molecule has 2 heterocycles. The number of hydrogen-bond acceptors (Lipinski definition) is 2. The first-order chi connectivity index (χ1) is 15.5. The summed E-state index contributed by atoms with van der Waals surface area (Å²) < 4.78 is 2.28. The maximum atomic E-state index is 12.9. The average molecular weight is 444 g/mol. The fraction of sp³-hybridized carbons (Fsp3) is 0.259. The van der Waals surface area contributed by atoms with Crippen LogP contribution in [0.4, 0.5) is 5.69 Å². The van der Waals surface area contributed by atoms with Crippen LogP contribution >= 0.6 is 11.6 Å². The molecule has 0 radical (unpaired) electrons. The first-order valence-corrected chi connectivity index (χ1v) is 11.5. The number of hydrogen-bond donors (Lipinski definition) is 0. The van der Waals surface area contributed by atoms with Gasteiger partial charge in [0.25, 0.3) is 0 Å². The maximum absolute atomic E-state index is 12.9. The number of benzene rings is 3. The van der Waals surface area contributed by atoms with Crippen LogP contribution < -0.4 is 4.90 Å². The third kappa shape index (κ3) is 3.91. The number of rotatable bonds is 5. The Kier molecular flexibility index (Phi) is 5.48. The molecule has 0 N–H and O–H groups in total. The second kappa shape index (κ2) is 8.44. The van der Waals surface area contributed by atoms with Gasteiger partial charge >= 0.3 is 0 Å². The average Bonchev–Trinajstić information content (AvgIpc) is 3.35. The number of fused-ring (bicyclic) bond motifs is 1. The number of carbonyl (C=O) groups is 1. The Hall–Kier alpha value is -3.11. The molecule has 1 aliphatic rings. The maximum Gasteiger partial charge on any atom is 0.227 e. The normalized spacial score (nSPS) is 16.4. The highest BCUT2D eigenvalue weighted by molar-refractivity contribution is 6.30. The van der Waals surface area contributed by atoms with E-state index >= 15 is 0 Å². The summed E-state index contributed by atoms with van der Waals surface area (Å²) in [5, 5.41) is 0.669. The van der Waals surface area contributed by atoms with Crippen molar-refractivity contribution < 1.29 is 4.79 Å². The largest absolute Gasteiger partial charge is 0.323 e. The number of anilines is 1. The molecule has 0 bridgehead atoms. The Morgan fingerprint density at radius 3 is 2.44 bits per heavy atom. The molecule has 1 fully saturated rings. The lowest BCUT2D eigenvalue weighted by Gasteiger charge is -2.18. The van der Waals surface area contributed by atoms with Gasteiger partial charge in [0.2, 0.25) is 5.91 Å². The zero-order chi connectivity index (χ0) is 22.2. The predicted molar refractivity (Wildman–Crippen MR) is 131 cm³/mol. The number of carbonyl (C=O) groups excluding carboxylic acids is 1. The fourth-order valence-electron chi connectivity index (χ4n) is 4.51. The molecule has 3 aromatic carbocycles. The Balaban J connectivity index is 1.49. The molecule has 4 aromatic rings. The molecular formula is C27H26ClN3O. The first-order valence-electron chi connectivity index (χ1n) is 11.1. The predicted octanol–water partition coefficient (Wildman–Crippen LogP) is 6.38. The van der Waals surface area contributed by atoms with Crippen LogP contribution in [0.3, 0.4) is 0 Å². The molecular weight excluding hydrogens is 418 g/mol. The van der Waals surface area contributed by atoms with Gasteiger partial charge in [0.05, 0.1) is 11.0 Å². The summed E-state index contributed by atoms with van der Waals surface area (Å²) >= 11 is 6.03. The van der Waals surface area contributed by atoms with Crippen molar-refractivity contribution in [1.29, 1.82) is 0 Å². The monoisotopic (exact) mass is 443 g/mol. The molecule has 162 valence electrons. The summed E-state index contributed by atoms with van der Waals surface area (Å²) in [4.78, 5) is 19.7. The zero-order valence-electron chi connectivity index (χ0n) is 18.3. The van der Waals surface area contributed by atoms with Crippen molar-refractivity contribution in [1.82, 2.24) is 9.55 Å². The van der Waals surface area contributed by atoms with Gasteiger partial charge in [-0.05, 0) is 53.4 Å². The van der Waals surface area contributed by atoms with Crippen LogP contribution in [-0.2, 0) is 11.3 Å². The minimum absolute atomic E-state index is 0.0421. The van der Waals surface area contributed by atoms with Crippen LogP contribution in [0.1, 0.15) is 49.1 Å². The van der Waals surface area contributed by atoms with E-state index in [2.05, 4.69) is 48.7 Å². The Labute approximate surface area is 193 Å². The zero-order valence-corrected chi connectivity index (χ0v) is 19.1. The van der Waals surface area contributed by atoms with Crippen molar-refractivity contribution in [3.8, 4) is 0 Å². The fourth-order valence-corrected chi connectivity index (χ4v) is 4.64. The number of halogens is 1. The highest BCUT2D eigenvalue weighted by atomic mass is 35.5. The van der Waals surface area contributed by atoms with E-state index in [1.165, 1.54) is 11.1 Å². The second-order valence-electron chi connectivity index (χ2n) is 8.82. The van der Waals surface area contributed by atoms with Crippen LogP contribution in [0.25, 0.3) is 11.0 Å². The molecule has 4 nitrogen and oxygen atoms in total. The van der Waals surface area contributed by atoms with Gasteiger partial charge in [-0.2, -0.15) is 0 Å². The van der Waals surface area contributed by atoms with Gasteiger partial charge < -0.3 is 9.47 Å². The molecule has 32 heavy (non-hydrogen) atoms. The summed E-state index contributed by atoms with van der Waals surface area (Å²) in [6, 6.07) is 24.5. The van der Waals surface area contributed by atoms with Crippen LogP contribution in [0, 0.1) is 0 Å². The molecule has 0 saturated carbocycles. The first kappa shape index (κ1) is 20.8. The second-order valence-corrected chi connectivity index (χ2v) is 9.26. The quantitative estimate of drug-likeness (QED) is 0.359. The van der Waals surface area contributed by atoms with Crippen molar-refractivity contribution in [3.63, 3.8) is 0 Å². The third-order valence-corrected chi connectivity index (χ3v) is 6.55. The van der Waals surface area contributed by atoms with Gasteiger partial charge in [0.15, 0.2) is 0 Å². The summed E-state index contributed by atoms with van der Waals surface area (Å²) in [5.41, 5.74) is 5.53. The summed E-state index contributed by atoms with van der Waals surface area (Å²) in [6.45, 7) is 5.77. The highest BCUT2D eigenvalue weighted by Crippen LogP contribution is 2.34. The lowest BCUT2D eigenvalue weighted by Crippen LogP contribution is -2.24. The van der Waals surface area contributed by atoms with Crippen molar-refractivity contribution in [3.05, 3.63) is 94.8 Å². The van der Waals surface area contributed by atoms with Gasteiger partial charge in [-0.25, -0.2) is 4.98 Å². The third-order valence-electron chi connectivity index (χ3n) is 6.30. The van der Waals surface area contributed by atoms with E-state index in [4.69, 9.17) is 16.6 Å². The molecule has 5 heteroatoms. The molecule has 1 saturated heterocycles. The molecule has 1 amide bonds. The van der Waals surface area contributed by atoms with E-state index in [1.54, 1.807) is 0 Å². The van der Waals surface area contributed by atoms with Gasteiger partial charge in [0, 0.05) is 36.1 Å². The van der Waals surface area contributed by atoms with Crippen LogP contribution in [0.2, 0.25) is 5.02 Å². The van der Waals surface area contributed by atoms with E-state index in [9.17, 15) is 4.79 Å². The number of imidazole rings is 1.